The van der Waals surface area contributed by atoms with Crippen LogP contribution < -0.4 is 10.8 Å². The second-order valence-electron chi connectivity index (χ2n) is 6.15. The maximum atomic E-state index is 12.1. The van der Waals surface area contributed by atoms with Gasteiger partial charge in [0.05, 0.1) is 18.9 Å². The fraction of sp³-hybridized carbons (Fsp3) is 0.647. The van der Waals surface area contributed by atoms with Gasteiger partial charge < -0.3 is 20.1 Å². The maximum absolute atomic E-state index is 12.1. The molecule has 1 heterocycles. The fourth-order valence-electron chi connectivity index (χ4n) is 2.31. The molecule has 2 atom stereocenters. The highest BCUT2D eigenvalue weighted by Gasteiger charge is 2.19. The van der Waals surface area contributed by atoms with E-state index >= 15 is 0 Å². The first-order chi connectivity index (χ1) is 12.3. The predicted molar refractivity (Wildman–Crippen MR) is 99.9 cm³/mol. The van der Waals surface area contributed by atoms with Crippen molar-refractivity contribution in [2.45, 2.75) is 59.7 Å². The van der Waals surface area contributed by atoms with Crippen molar-refractivity contribution in [1.82, 2.24) is 10.1 Å². The van der Waals surface area contributed by atoms with Crippen molar-refractivity contribution in [3.05, 3.63) is 23.0 Å². The van der Waals surface area contributed by atoms with Gasteiger partial charge in [-0.2, -0.15) is 0 Å². The number of aromatic nitrogens is 1. The first-order valence-corrected chi connectivity index (χ1v) is 10.1. The second kappa shape index (κ2) is 11.3. The molecule has 1 unspecified atom stereocenters. The van der Waals surface area contributed by atoms with Crippen LogP contribution in [0.3, 0.4) is 0 Å². The standard InChI is InChI=1S/C17H30N3O5P/c1-5-13(6-2)9-24-17(22)12(4)20-26(23)25-10-14-8-19-11(3)16(21)15(14)7-18/h8,12-13,21,26H,5-7,9-10,18H2,1-4H3,(H,20,23)/t12-/m0/s1. The highest BCUT2D eigenvalue weighted by atomic mass is 31.1. The van der Waals surface area contributed by atoms with E-state index in [0.717, 1.165) is 12.8 Å². The number of pyridine rings is 1. The van der Waals surface area contributed by atoms with Gasteiger partial charge in [0.15, 0.2) is 0 Å². The van der Waals surface area contributed by atoms with Crippen LogP contribution in [0.15, 0.2) is 6.20 Å². The van der Waals surface area contributed by atoms with Gasteiger partial charge in [-0.1, -0.05) is 26.7 Å². The molecule has 0 fully saturated rings. The first-order valence-electron chi connectivity index (χ1n) is 8.80. The van der Waals surface area contributed by atoms with Gasteiger partial charge in [0.1, 0.15) is 11.8 Å². The molecule has 0 amide bonds. The number of rotatable bonds is 11. The van der Waals surface area contributed by atoms with Gasteiger partial charge in [-0.25, -0.2) is 5.09 Å². The molecule has 0 aromatic carbocycles. The molecule has 0 aliphatic heterocycles. The molecule has 0 aliphatic carbocycles. The molecular weight excluding hydrogens is 357 g/mol. The molecule has 1 rings (SSSR count). The van der Waals surface area contributed by atoms with Crippen molar-refractivity contribution >= 4 is 14.1 Å². The first kappa shape index (κ1) is 22.6. The maximum Gasteiger partial charge on any atom is 0.323 e. The van der Waals surface area contributed by atoms with E-state index in [2.05, 4.69) is 10.1 Å². The number of aryl methyl sites for hydroxylation is 1. The highest BCUT2D eigenvalue weighted by Crippen LogP contribution is 2.27. The van der Waals surface area contributed by atoms with Crippen molar-refractivity contribution in [3.8, 4) is 5.75 Å². The third-order valence-electron chi connectivity index (χ3n) is 4.30. The van der Waals surface area contributed by atoms with E-state index in [1.54, 1.807) is 13.8 Å². The topological polar surface area (TPSA) is 124 Å². The Labute approximate surface area is 155 Å². The Bertz CT molecular complexity index is 623. The van der Waals surface area contributed by atoms with Crippen molar-refractivity contribution in [2.75, 3.05) is 6.61 Å². The largest absolute Gasteiger partial charge is 0.506 e. The Hall–Kier alpha value is -1.47. The van der Waals surface area contributed by atoms with Crippen molar-refractivity contribution < 1.29 is 23.7 Å². The zero-order valence-corrected chi connectivity index (χ0v) is 16.9. The molecule has 0 aliphatic rings. The molecule has 1 aromatic rings. The Morgan fingerprint density at radius 2 is 2.08 bits per heavy atom. The van der Waals surface area contributed by atoms with Gasteiger partial charge in [0, 0.05) is 23.9 Å². The van der Waals surface area contributed by atoms with Crippen molar-refractivity contribution in [1.29, 1.82) is 0 Å². The summed E-state index contributed by atoms with van der Waals surface area (Å²) in [6, 6.07) is -0.741. The number of esters is 1. The molecular formula is C17H30N3O5P. The van der Waals surface area contributed by atoms with Crippen molar-refractivity contribution in [2.24, 2.45) is 11.7 Å². The fourth-order valence-corrected chi connectivity index (χ4v) is 3.15. The van der Waals surface area contributed by atoms with E-state index in [4.69, 9.17) is 15.0 Å². The number of hydrogen-bond acceptors (Lipinski definition) is 7. The summed E-state index contributed by atoms with van der Waals surface area (Å²) in [5.41, 5.74) is 7.16. The van der Waals surface area contributed by atoms with Crippen molar-refractivity contribution in [3.63, 3.8) is 0 Å². The van der Waals surface area contributed by atoms with E-state index in [-0.39, 0.29) is 18.9 Å². The molecule has 9 heteroatoms. The van der Waals surface area contributed by atoms with Gasteiger partial charge in [-0.15, -0.1) is 0 Å². The number of ether oxygens (including phenoxy) is 1. The summed E-state index contributed by atoms with van der Waals surface area (Å²) in [6.45, 7) is 7.76. The number of carbonyl (C=O) groups excluding carboxylic acids is 1. The number of nitrogens with two attached hydrogens (primary N) is 1. The third-order valence-corrected chi connectivity index (χ3v) is 5.37. The number of nitrogens with one attached hydrogen (secondary N) is 1. The smallest absolute Gasteiger partial charge is 0.323 e. The summed E-state index contributed by atoms with van der Waals surface area (Å²) in [6.07, 6.45) is 3.40. The minimum atomic E-state index is -2.68. The zero-order valence-electron chi connectivity index (χ0n) is 15.9. The lowest BCUT2D eigenvalue weighted by molar-refractivity contribution is -0.146. The van der Waals surface area contributed by atoms with Gasteiger partial charge in [0.25, 0.3) is 8.18 Å². The predicted octanol–water partition coefficient (Wildman–Crippen LogP) is 2.42. The zero-order chi connectivity index (χ0) is 19.7. The lowest BCUT2D eigenvalue weighted by Crippen LogP contribution is -2.32. The molecule has 0 saturated heterocycles. The normalized spacial score (nSPS) is 13.6. The lowest BCUT2D eigenvalue weighted by Gasteiger charge is -2.17. The molecule has 148 valence electrons. The Morgan fingerprint density at radius 1 is 1.42 bits per heavy atom. The number of hydrogen-bond donors (Lipinski definition) is 3. The Morgan fingerprint density at radius 3 is 2.65 bits per heavy atom. The molecule has 8 nitrogen and oxygen atoms in total. The van der Waals surface area contributed by atoms with Crippen LogP contribution in [0.5, 0.6) is 5.75 Å². The van der Waals surface area contributed by atoms with Gasteiger partial charge in [-0.05, 0) is 19.8 Å². The number of nitrogens with zero attached hydrogens (tertiary/aromatic N) is 1. The summed E-state index contributed by atoms with van der Waals surface area (Å²) in [5.74, 6) is -0.119. The molecule has 0 radical (unpaired) electrons. The molecule has 4 N–H and O–H groups in total. The van der Waals surface area contributed by atoms with E-state index in [1.807, 2.05) is 13.8 Å². The molecule has 26 heavy (non-hydrogen) atoms. The van der Waals surface area contributed by atoms with Gasteiger partial charge in [0.2, 0.25) is 0 Å². The summed E-state index contributed by atoms with van der Waals surface area (Å²) in [5, 5.41) is 12.6. The van der Waals surface area contributed by atoms with Gasteiger partial charge in [-0.3, -0.25) is 14.3 Å². The second-order valence-corrected chi connectivity index (χ2v) is 7.31. The Kier molecular flexibility index (Phi) is 9.80. The molecule has 0 saturated carbocycles. The van der Waals surface area contributed by atoms with Crippen LogP contribution >= 0.6 is 8.18 Å². The summed E-state index contributed by atoms with van der Waals surface area (Å²) in [7, 11) is -2.68. The van der Waals surface area contributed by atoms with Crippen LogP contribution in [-0.4, -0.2) is 28.7 Å². The van der Waals surface area contributed by atoms with Gasteiger partial charge >= 0.3 is 5.97 Å². The molecule has 0 bridgehead atoms. The van der Waals surface area contributed by atoms with Crippen LogP contribution in [-0.2, 0) is 31.8 Å². The van der Waals surface area contributed by atoms with E-state index in [9.17, 15) is 14.5 Å². The minimum Gasteiger partial charge on any atom is -0.506 e. The number of carbonyl (C=O) groups is 1. The number of aromatic hydroxyl groups is 1. The van der Waals surface area contributed by atoms with Crippen LogP contribution in [0.4, 0.5) is 0 Å². The third kappa shape index (κ3) is 6.68. The van der Waals surface area contributed by atoms with Crippen LogP contribution in [0, 0.1) is 12.8 Å². The summed E-state index contributed by atoms with van der Waals surface area (Å²) < 4.78 is 22.6. The molecule has 0 spiro atoms. The summed E-state index contributed by atoms with van der Waals surface area (Å²) >= 11 is 0. The lowest BCUT2D eigenvalue weighted by atomic mass is 10.1. The van der Waals surface area contributed by atoms with E-state index in [1.165, 1.54) is 6.20 Å². The van der Waals surface area contributed by atoms with E-state index < -0.39 is 20.2 Å². The SMILES string of the molecule is CCC(CC)COC(=O)[C@H](C)N[PH](=O)OCc1cnc(C)c(O)c1CN. The summed E-state index contributed by atoms with van der Waals surface area (Å²) in [4.78, 5) is 16.0. The quantitative estimate of drug-likeness (QED) is 0.391. The van der Waals surface area contributed by atoms with Crippen LogP contribution in [0.1, 0.15) is 50.4 Å². The highest BCUT2D eigenvalue weighted by molar-refractivity contribution is 7.36. The average Bonchev–Trinajstić information content (AvgIpc) is 2.63. The van der Waals surface area contributed by atoms with E-state index in [0.29, 0.717) is 29.3 Å². The Balaban J connectivity index is 2.51. The monoisotopic (exact) mass is 387 g/mol. The molecule has 1 aromatic heterocycles. The minimum absolute atomic E-state index is 0.0135. The average molecular weight is 387 g/mol. The van der Waals surface area contributed by atoms with Crippen LogP contribution in [0.25, 0.3) is 0 Å². The van der Waals surface area contributed by atoms with Crippen LogP contribution in [0.2, 0.25) is 0 Å².